The van der Waals surface area contributed by atoms with Crippen molar-refractivity contribution in [3.05, 3.63) is 82.9 Å². The Bertz CT molecular complexity index is 900. The largest absolute Gasteiger partial charge is 0.508 e. The first-order valence-corrected chi connectivity index (χ1v) is 8.63. The first-order chi connectivity index (χ1) is 13.5. The molecule has 5 nitrogen and oxygen atoms in total. The van der Waals surface area contributed by atoms with Crippen molar-refractivity contribution in [3.63, 3.8) is 0 Å². The predicted molar refractivity (Wildman–Crippen MR) is 107 cm³/mol. The van der Waals surface area contributed by atoms with E-state index in [1.807, 2.05) is 0 Å². The summed E-state index contributed by atoms with van der Waals surface area (Å²) in [6.07, 6.45) is -4.41. The van der Waals surface area contributed by atoms with Gasteiger partial charge in [0, 0.05) is 17.7 Å². The zero-order chi connectivity index (χ0) is 21.6. The Labute approximate surface area is 171 Å². The molecule has 0 aliphatic rings. The third kappa shape index (κ3) is 7.56. The molecule has 0 saturated carbocycles. The first kappa shape index (κ1) is 24.6. The van der Waals surface area contributed by atoms with Crippen LogP contribution in [0.5, 0.6) is 23.0 Å². The number of aryl methyl sites for hydroxylation is 2. The maximum atomic E-state index is 12.8. The molecule has 0 amide bonds. The Morgan fingerprint density at radius 1 is 0.767 bits per heavy atom. The third-order valence-corrected chi connectivity index (χ3v) is 3.80. The van der Waals surface area contributed by atoms with Gasteiger partial charge in [-0.1, -0.05) is 18.2 Å². The smallest absolute Gasteiger partial charge is 0.416 e. The van der Waals surface area contributed by atoms with Gasteiger partial charge in [0.15, 0.2) is 0 Å². The molecule has 0 unspecified atom stereocenters. The van der Waals surface area contributed by atoms with Crippen LogP contribution in [0, 0.1) is 13.8 Å². The number of phenols is 3. The van der Waals surface area contributed by atoms with E-state index in [2.05, 4.69) is 0 Å². The van der Waals surface area contributed by atoms with Gasteiger partial charge in [0.1, 0.15) is 29.6 Å². The summed E-state index contributed by atoms with van der Waals surface area (Å²) in [5, 5.41) is 27.1. The van der Waals surface area contributed by atoms with Gasteiger partial charge in [0.2, 0.25) is 0 Å². The molecule has 0 spiro atoms. The average molecular weight is 424 g/mol. The van der Waals surface area contributed by atoms with Crippen molar-refractivity contribution in [2.75, 3.05) is 0 Å². The molecular formula is C22H23F3O5. The Morgan fingerprint density at radius 3 is 1.77 bits per heavy atom. The van der Waals surface area contributed by atoms with Crippen LogP contribution in [0.3, 0.4) is 0 Å². The van der Waals surface area contributed by atoms with Crippen LogP contribution < -0.4 is 4.74 Å². The molecule has 3 rings (SSSR count). The lowest BCUT2D eigenvalue weighted by atomic mass is 10.1. The number of phenolic OH excluding ortho intramolecular Hbond substituents is 3. The second kappa shape index (κ2) is 10.4. The van der Waals surface area contributed by atoms with E-state index < -0.39 is 11.7 Å². The topological polar surface area (TPSA) is 101 Å². The van der Waals surface area contributed by atoms with E-state index in [-0.39, 0.29) is 34.9 Å². The van der Waals surface area contributed by atoms with E-state index in [1.54, 1.807) is 32.0 Å². The summed E-state index contributed by atoms with van der Waals surface area (Å²) >= 11 is 0. The van der Waals surface area contributed by atoms with E-state index >= 15 is 0 Å². The lowest BCUT2D eigenvalue weighted by molar-refractivity contribution is -0.138. The Balaban J connectivity index is 0.000000379. The molecule has 0 fully saturated rings. The summed E-state index contributed by atoms with van der Waals surface area (Å²) in [6, 6.07) is 14.3. The second-order valence-corrected chi connectivity index (χ2v) is 6.47. The van der Waals surface area contributed by atoms with Crippen molar-refractivity contribution in [2.45, 2.75) is 26.6 Å². The van der Waals surface area contributed by atoms with Crippen molar-refractivity contribution in [3.8, 4) is 23.0 Å². The number of hydrogen-bond acceptors (Lipinski definition) is 4. The number of benzene rings is 3. The molecule has 0 bridgehead atoms. The lowest BCUT2D eigenvalue weighted by Crippen LogP contribution is -2.10. The summed E-state index contributed by atoms with van der Waals surface area (Å²) in [4.78, 5) is 0. The molecule has 0 atom stereocenters. The van der Waals surface area contributed by atoms with Gasteiger partial charge in [-0.3, -0.25) is 0 Å². The minimum absolute atomic E-state index is 0. The van der Waals surface area contributed by atoms with Gasteiger partial charge < -0.3 is 25.5 Å². The maximum absolute atomic E-state index is 12.8. The number of rotatable bonds is 3. The lowest BCUT2D eigenvalue weighted by Gasteiger charge is -2.13. The summed E-state index contributed by atoms with van der Waals surface area (Å²) < 4.78 is 43.8. The maximum Gasteiger partial charge on any atom is 0.416 e. The average Bonchev–Trinajstić information content (AvgIpc) is 2.58. The van der Waals surface area contributed by atoms with Crippen LogP contribution in [-0.2, 0) is 12.8 Å². The van der Waals surface area contributed by atoms with Crippen LogP contribution in [0.2, 0.25) is 0 Å². The monoisotopic (exact) mass is 424 g/mol. The molecule has 0 radical (unpaired) electrons. The summed E-state index contributed by atoms with van der Waals surface area (Å²) in [5.41, 5.74) is 0.967. The fraction of sp³-hybridized carbons (Fsp3) is 0.182. The highest BCUT2D eigenvalue weighted by molar-refractivity contribution is 5.38. The highest BCUT2D eigenvalue weighted by atomic mass is 19.4. The standard InChI is InChI=1S/C15H13F3O2.C7H8O2.H2O/c1-10-6-12(19)8-13(7-10)20-9-11-4-2-3-5-14(11)15(16,17)18;1-5-2-6(8)4-7(9)3-5;/h2-8,19H,9H2,1H3;2-4,8-9H,1H3;1H2. The van der Waals surface area contributed by atoms with Crippen LogP contribution in [0.25, 0.3) is 0 Å². The van der Waals surface area contributed by atoms with Gasteiger partial charge >= 0.3 is 6.18 Å². The van der Waals surface area contributed by atoms with Crippen LogP contribution in [-0.4, -0.2) is 20.8 Å². The van der Waals surface area contributed by atoms with Gasteiger partial charge in [0.05, 0.1) is 5.56 Å². The predicted octanol–water partition coefficient (Wildman–Crippen LogP) is 4.88. The molecule has 5 N–H and O–H groups in total. The van der Waals surface area contributed by atoms with E-state index in [9.17, 15) is 18.3 Å². The number of ether oxygens (including phenoxy) is 1. The minimum atomic E-state index is -4.41. The van der Waals surface area contributed by atoms with E-state index in [0.717, 1.165) is 17.2 Å². The van der Waals surface area contributed by atoms with Crippen LogP contribution in [0.15, 0.2) is 60.7 Å². The number of aromatic hydroxyl groups is 3. The first-order valence-electron chi connectivity index (χ1n) is 8.63. The quantitative estimate of drug-likeness (QED) is 0.558. The van der Waals surface area contributed by atoms with Gasteiger partial charge in [-0.2, -0.15) is 13.2 Å². The van der Waals surface area contributed by atoms with Crippen LogP contribution in [0.1, 0.15) is 22.3 Å². The molecular weight excluding hydrogens is 401 g/mol. The fourth-order valence-corrected chi connectivity index (χ4v) is 2.64. The van der Waals surface area contributed by atoms with Crippen molar-refractivity contribution in [2.24, 2.45) is 0 Å². The highest BCUT2D eigenvalue weighted by Gasteiger charge is 2.32. The molecule has 0 heterocycles. The molecule has 0 aliphatic carbocycles. The Kier molecular flexibility index (Phi) is 8.55. The van der Waals surface area contributed by atoms with E-state index in [4.69, 9.17) is 14.9 Å². The van der Waals surface area contributed by atoms with Crippen LogP contribution >= 0.6 is 0 Å². The normalized spacial score (nSPS) is 10.4. The van der Waals surface area contributed by atoms with Gasteiger partial charge in [-0.15, -0.1) is 0 Å². The third-order valence-electron chi connectivity index (χ3n) is 3.80. The van der Waals surface area contributed by atoms with Gasteiger partial charge in [0.25, 0.3) is 0 Å². The summed E-state index contributed by atoms with van der Waals surface area (Å²) in [7, 11) is 0. The van der Waals surface area contributed by atoms with Gasteiger partial charge in [-0.05, 0) is 55.3 Å². The van der Waals surface area contributed by atoms with Crippen molar-refractivity contribution in [1.29, 1.82) is 0 Å². The molecule has 0 aromatic heterocycles. The SMILES string of the molecule is Cc1cc(O)cc(O)c1.Cc1cc(O)cc(OCc2ccccc2C(F)(F)F)c1.O. The number of halogens is 3. The summed E-state index contributed by atoms with van der Waals surface area (Å²) in [6.45, 7) is 3.36. The second-order valence-electron chi connectivity index (χ2n) is 6.47. The zero-order valence-electron chi connectivity index (χ0n) is 16.4. The molecule has 0 aliphatic heterocycles. The van der Waals surface area contributed by atoms with Gasteiger partial charge in [-0.25, -0.2) is 0 Å². The molecule has 0 saturated heterocycles. The molecule has 162 valence electrons. The Morgan fingerprint density at radius 2 is 1.27 bits per heavy atom. The molecule has 3 aromatic carbocycles. The summed E-state index contributed by atoms with van der Waals surface area (Å²) in [5.74, 6) is 0.559. The number of alkyl halides is 3. The van der Waals surface area contributed by atoms with E-state index in [1.165, 1.54) is 36.4 Å². The zero-order valence-corrected chi connectivity index (χ0v) is 16.4. The molecule has 3 aromatic rings. The Hall–Kier alpha value is -3.39. The minimum Gasteiger partial charge on any atom is -0.508 e. The highest BCUT2D eigenvalue weighted by Crippen LogP contribution is 2.32. The van der Waals surface area contributed by atoms with E-state index in [0.29, 0.717) is 5.75 Å². The van der Waals surface area contributed by atoms with Crippen molar-refractivity contribution < 1.29 is 38.7 Å². The van der Waals surface area contributed by atoms with Crippen molar-refractivity contribution in [1.82, 2.24) is 0 Å². The number of hydrogen-bond donors (Lipinski definition) is 3. The van der Waals surface area contributed by atoms with Crippen LogP contribution in [0.4, 0.5) is 13.2 Å². The molecule has 8 heteroatoms. The molecule has 30 heavy (non-hydrogen) atoms. The fourth-order valence-electron chi connectivity index (χ4n) is 2.64. The van der Waals surface area contributed by atoms with Crippen molar-refractivity contribution >= 4 is 0 Å².